The van der Waals surface area contributed by atoms with Crippen LogP contribution >= 0.6 is 0 Å². The summed E-state index contributed by atoms with van der Waals surface area (Å²) in [6.45, 7) is 0. The molecule has 0 saturated heterocycles. The van der Waals surface area contributed by atoms with E-state index in [2.05, 4.69) is 31.1 Å². The highest BCUT2D eigenvalue weighted by Crippen LogP contribution is 2.25. The summed E-state index contributed by atoms with van der Waals surface area (Å²) in [6, 6.07) is 5.02. The molecule has 0 bridgehead atoms. The van der Waals surface area contributed by atoms with Gasteiger partial charge in [0.25, 0.3) is 0 Å². The second kappa shape index (κ2) is 7.21. The molecular weight excluding hydrogens is 352 g/mol. The molecule has 0 fully saturated rings. The third-order valence-electron chi connectivity index (χ3n) is 3.35. The lowest BCUT2D eigenvalue weighted by atomic mass is 10.2. The summed E-state index contributed by atoms with van der Waals surface area (Å²) >= 11 is 0. The molecule has 134 valence electrons. The molecule has 0 aliphatic rings. The van der Waals surface area contributed by atoms with E-state index in [1.165, 1.54) is 6.07 Å². The number of pyridine rings is 1. The van der Waals surface area contributed by atoms with Crippen LogP contribution in [-0.2, 0) is 0 Å². The van der Waals surface area contributed by atoms with Gasteiger partial charge in [0.2, 0.25) is 5.95 Å². The van der Waals surface area contributed by atoms with Gasteiger partial charge in [0.1, 0.15) is 5.69 Å². The normalized spacial score (nSPS) is 10.5. The fourth-order valence-corrected chi connectivity index (χ4v) is 2.10. The molecule has 26 heavy (non-hydrogen) atoms. The van der Waals surface area contributed by atoms with E-state index < -0.39 is 29.0 Å². The summed E-state index contributed by atoms with van der Waals surface area (Å²) in [4.78, 5) is 12.2. The zero-order chi connectivity index (χ0) is 18.7. The van der Waals surface area contributed by atoms with Crippen molar-refractivity contribution in [3.8, 4) is 11.3 Å². The van der Waals surface area contributed by atoms with Crippen LogP contribution in [0.4, 0.5) is 35.0 Å². The number of hydrazine groups is 1. The predicted octanol–water partition coefficient (Wildman–Crippen LogP) is 3.58. The molecule has 3 N–H and O–H groups in total. The van der Waals surface area contributed by atoms with Crippen LogP contribution < -0.4 is 16.2 Å². The summed E-state index contributed by atoms with van der Waals surface area (Å²) < 4.78 is 53.9. The molecule has 0 unspecified atom stereocenters. The summed E-state index contributed by atoms with van der Waals surface area (Å²) in [7, 11) is 1.59. The summed E-state index contributed by atoms with van der Waals surface area (Å²) in [5.74, 6) is -5.84. The van der Waals surface area contributed by atoms with Gasteiger partial charge in [-0.15, -0.1) is 0 Å². The number of nitrogens with zero attached hydrogens (tertiary/aromatic N) is 3. The van der Waals surface area contributed by atoms with Gasteiger partial charge < -0.3 is 5.32 Å². The minimum Gasteiger partial charge on any atom is -0.357 e. The van der Waals surface area contributed by atoms with Crippen LogP contribution in [0.25, 0.3) is 11.3 Å². The number of halogens is 4. The van der Waals surface area contributed by atoms with Crippen molar-refractivity contribution in [1.29, 1.82) is 0 Å². The Morgan fingerprint density at radius 3 is 2.12 bits per heavy atom. The van der Waals surface area contributed by atoms with Crippen LogP contribution in [0.2, 0.25) is 0 Å². The van der Waals surface area contributed by atoms with Crippen molar-refractivity contribution in [3.05, 3.63) is 59.9 Å². The van der Waals surface area contributed by atoms with Gasteiger partial charge in [-0.25, -0.2) is 22.5 Å². The van der Waals surface area contributed by atoms with Crippen LogP contribution in [0, 0.1) is 23.3 Å². The molecule has 0 aliphatic heterocycles. The second-order valence-electron chi connectivity index (χ2n) is 5.04. The lowest BCUT2D eigenvalue weighted by Crippen LogP contribution is -2.15. The first-order chi connectivity index (χ1) is 12.5. The van der Waals surface area contributed by atoms with Crippen molar-refractivity contribution >= 4 is 17.5 Å². The van der Waals surface area contributed by atoms with Gasteiger partial charge in [0, 0.05) is 37.1 Å². The SMILES string of the molecule is CNc1nc(NNc2c(F)c(F)cc(F)c2F)cc(-c2ccncc2)n1. The molecule has 0 spiro atoms. The van der Waals surface area contributed by atoms with Crippen molar-refractivity contribution in [1.82, 2.24) is 15.0 Å². The molecule has 10 heteroatoms. The molecule has 0 saturated carbocycles. The van der Waals surface area contributed by atoms with Crippen molar-refractivity contribution in [2.45, 2.75) is 0 Å². The molecule has 0 atom stereocenters. The Morgan fingerprint density at radius 1 is 0.846 bits per heavy atom. The highest BCUT2D eigenvalue weighted by molar-refractivity contribution is 5.65. The Morgan fingerprint density at radius 2 is 1.50 bits per heavy atom. The standard InChI is InChI=1S/C16H12F4N6/c1-21-16-23-11(8-2-4-22-5-3-8)7-12(24-16)25-26-15-13(19)9(17)6-10(18)14(15)20/h2-7,26H,1H3,(H2,21,23,24,25). The summed E-state index contributed by atoms with van der Waals surface area (Å²) in [5.41, 5.74) is 4.72. The Labute approximate surface area is 145 Å². The van der Waals surface area contributed by atoms with E-state index in [4.69, 9.17) is 0 Å². The Kier molecular flexibility index (Phi) is 4.83. The Balaban J connectivity index is 1.92. The number of aromatic nitrogens is 3. The smallest absolute Gasteiger partial charge is 0.225 e. The fourth-order valence-electron chi connectivity index (χ4n) is 2.10. The molecule has 0 amide bonds. The average Bonchev–Trinajstić information content (AvgIpc) is 2.67. The zero-order valence-electron chi connectivity index (χ0n) is 13.3. The lowest BCUT2D eigenvalue weighted by molar-refractivity contribution is 0.459. The van der Waals surface area contributed by atoms with E-state index >= 15 is 0 Å². The van der Waals surface area contributed by atoms with Crippen LogP contribution in [0.1, 0.15) is 0 Å². The first kappa shape index (κ1) is 17.4. The molecule has 6 nitrogen and oxygen atoms in total. The van der Waals surface area contributed by atoms with Crippen LogP contribution in [0.5, 0.6) is 0 Å². The Hall–Kier alpha value is -3.43. The van der Waals surface area contributed by atoms with E-state index in [0.717, 1.165) is 5.56 Å². The van der Waals surface area contributed by atoms with Crippen LogP contribution in [0.15, 0.2) is 36.7 Å². The molecular formula is C16H12F4N6. The lowest BCUT2D eigenvalue weighted by Gasteiger charge is -2.13. The van der Waals surface area contributed by atoms with Gasteiger partial charge in [-0.3, -0.25) is 15.8 Å². The molecule has 0 radical (unpaired) electrons. The second-order valence-corrected chi connectivity index (χ2v) is 5.04. The van der Waals surface area contributed by atoms with Crippen molar-refractivity contribution < 1.29 is 17.6 Å². The van der Waals surface area contributed by atoms with Gasteiger partial charge >= 0.3 is 0 Å². The van der Waals surface area contributed by atoms with Gasteiger partial charge in [0.05, 0.1) is 5.69 Å². The highest BCUT2D eigenvalue weighted by atomic mass is 19.2. The van der Waals surface area contributed by atoms with E-state index in [0.29, 0.717) is 5.69 Å². The maximum absolute atomic E-state index is 13.7. The van der Waals surface area contributed by atoms with Crippen LogP contribution in [-0.4, -0.2) is 22.0 Å². The number of benzene rings is 1. The largest absolute Gasteiger partial charge is 0.357 e. The van der Waals surface area contributed by atoms with Crippen molar-refractivity contribution in [3.63, 3.8) is 0 Å². The number of hydrogen-bond donors (Lipinski definition) is 3. The van der Waals surface area contributed by atoms with Gasteiger partial charge in [-0.05, 0) is 12.1 Å². The zero-order valence-corrected chi connectivity index (χ0v) is 13.3. The number of rotatable bonds is 5. The monoisotopic (exact) mass is 364 g/mol. The molecule has 2 heterocycles. The van der Waals surface area contributed by atoms with Crippen molar-refractivity contribution in [2.24, 2.45) is 0 Å². The number of nitrogens with one attached hydrogen (secondary N) is 3. The quantitative estimate of drug-likeness (QED) is 0.365. The number of hydrogen-bond acceptors (Lipinski definition) is 6. The topological polar surface area (TPSA) is 74.8 Å². The summed E-state index contributed by atoms with van der Waals surface area (Å²) in [5, 5.41) is 2.74. The maximum Gasteiger partial charge on any atom is 0.225 e. The molecule has 2 aromatic heterocycles. The van der Waals surface area contributed by atoms with Crippen molar-refractivity contribution in [2.75, 3.05) is 23.2 Å². The van der Waals surface area contributed by atoms with Gasteiger partial charge in [0.15, 0.2) is 29.1 Å². The Bertz CT molecular complexity index is 910. The third-order valence-corrected chi connectivity index (χ3v) is 3.35. The molecule has 1 aromatic carbocycles. The summed E-state index contributed by atoms with van der Waals surface area (Å²) in [6.07, 6.45) is 3.14. The third kappa shape index (κ3) is 3.48. The minimum absolute atomic E-state index is 0.111. The highest BCUT2D eigenvalue weighted by Gasteiger charge is 2.19. The molecule has 3 rings (SSSR count). The fraction of sp³-hybridized carbons (Fsp3) is 0.0625. The van der Waals surface area contributed by atoms with E-state index in [-0.39, 0.29) is 17.8 Å². The number of anilines is 3. The van der Waals surface area contributed by atoms with Crippen LogP contribution in [0.3, 0.4) is 0 Å². The van der Waals surface area contributed by atoms with E-state index in [1.807, 2.05) is 0 Å². The predicted molar refractivity (Wildman–Crippen MR) is 88.3 cm³/mol. The minimum atomic E-state index is -1.56. The first-order valence-electron chi connectivity index (χ1n) is 7.32. The van der Waals surface area contributed by atoms with E-state index in [1.54, 1.807) is 31.6 Å². The average molecular weight is 364 g/mol. The van der Waals surface area contributed by atoms with E-state index in [9.17, 15) is 17.6 Å². The van der Waals surface area contributed by atoms with Gasteiger partial charge in [-0.1, -0.05) is 0 Å². The first-order valence-corrected chi connectivity index (χ1v) is 7.32. The van der Waals surface area contributed by atoms with Gasteiger partial charge in [-0.2, -0.15) is 4.98 Å². The molecule has 3 aromatic rings. The maximum atomic E-state index is 13.7. The molecule has 0 aliphatic carbocycles.